The molecule has 0 saturated heterocycles. The number of carbonyl (C=O) groups excluding carboxylic acids is 1. The van der Waals surface area contributed by atoms with E-state index in [1.165, 1.54) is 41.6 Å². The van der Waals surface area contributed by atoms with Gasteiger partial charge in [-0.1, -0.05) is 141 Å². The largest absolute Gasteiger partial charge is 0.504 e. The van der Waals surface area contributed by atoms with Crippen molar-refractivity contribution >= 4 is 5.78 Å². The second-order valence-corrected chi connectivity index (χ2v) is 13.0. The van der Waals surface area contributed by atoms with Crippen molar-refractivity contribution in [1.82, 2.24) is 0 Å². The van der Waals surface area contributed by atoms with Crippen LogP contribution in [-0.2, 0) is 4.79 Å². The van der Waals surface area contributed by atoms with E-state index in [2.05, 4.69) is 102 Å². The van der Waals surface area contributed by atoms with Crippen LogP contribution in [0.25, 0.3) is 0 Å². The standard InChI is InChI=1S/C40H52O2/c1-29(18-13-20-31(3)23-25-35-33(5)22-15-27-39(35,7)8)16-11-12-17-30(2)19-14-21-32(4)24-26-36-34(6)38(42)37(41)28-40(36,9)10/h11-14,16-21,23-26,28,41H,15,22,27H2,1-10H3/b12-11+,18-13+,19-14+,25-23+,26-24+,29-16+,30-17+,31-20+,32-21+. The monoisotopic (exact) mass is 564 g/mol. The molecular formula is C40H52O2. The highest BCUT2D eigenvalue weighted by Crippen LogP contribution is 2.41. The Hall–Kier alpha value is -3.65. The Kier molecular flexibility index (Phi) is 12.8. The topological polar surface area (TPSA) is 37.3 Å². The first kappa shape index (κ1) is 34.6. The van der Waals surface area contributed by atoms with Crippen LogP contribution in [0.1, 0.15) is 88.5 Å². The molecule has 0 aliphatic heterocycles. The van der Waals surface area contributed by atoms with Crippen molar-refractivity contribution < 1.29 is 9.90 Å². The third-order valence-corrected chi connectivity index (χ3v) is 8.00. The maximum Gasteiger partial charge on any atom is 0.222 e. The minimum Gasteiger partial charge on any atom is -0.504 e. The van der Waals surface area contributed by atoms with Gasteiger partial charge in [-0.25, -0.2) is 0 Å². The Labute approximate surface area is 256 Å². The summed E-state index contributed by atoms with van der Waals surface area (Å²) >= 11 is 0. The van der Waals surface area contributed by atoms with Gasteiger partial charge in [-0.05, 0) is 83.4 Å². The zero-order valence-electron chi connectivity index (χ0n) is 27.6. The SMILES string of the molecule is CC1=C(/C=C/C(C)=C/C=C/C(C)=C/C=C/C=C(C)/C=C/C=C(C)/C=C/C2=C(C)C(=O)C(O)=CC2(C)C)C(C)(C)CCC1. The van der Waals surface area contributed by atoms with E-state index in [4.69, 9.17) is 0 Å². The van der Waals surface area contributed by atoms with Gasteiger partial charge in [0.05, 0.1) is 0 Å². The van der Waals surface area contributed by atoms with Gasteiger partial charge in [-0.2, -0.15) is 0 Å². The van der Waals surface area contributed by atoms with Crippen LogP contribution in [0.3, 0.4) is 0 Å². The van der Waals surface area contributed by atoms with Gasteiger partial charge in [0.25, 0.3) is 0 Å². The first-order valence-corrected chi connectivity index (χ1v) is 15.1. The number of Topliss-reactive ketones (excluding diaryl/α,β-unsaturated/α-hetero) is 1. The second kappa shape index (κ2) is 15.5. The minimum atomic E-state index is -0.390. The molecule has 0 spiro atoms. The molecule has 0 aromatic carbocycles. The number of ketones is 1. The number of aliphatic hydroxyl groups excluding tert-OH is 1. The summed E-state index contributed by atoms with van der Waals surface area (Å²) in [6.07, 6.45) is 34.8. The summed E-state index contributed by atoms with van der Waals surface area (Å²) in [7, 11) is 0. The summed E-state index contributed by atoms with van der Waals surface area (Å²) in [5.41, 5.74) is 9.10. The van der Waals surface area contributed by atoms with Gasteiger partial charge in [0, 0.05) is 11.0 Å². The summed E-state index contributed by atoms with van der Waals surface area (Å²) < 4.78 is 0. The highest BCUT2D eigenvalue weighted by Gasteiger charge is 2.31. The van der Waals surface area contributed by atoms with E-state index in [1.54, 1.807) is 13.0 Å². The van der Waals surface area contributed by atoms with Gasteiger partial charge >= 0.3 is 0 Å². The van der Waals surface area contributed by atoms with Crippen molar-refractivity contribution in [3.05, 3.63) is 141 Å². The number of carbonyl (C=O) groups is 1. The predicted molar refractivity (Wildman–Crippen MR) is 183 cm³/mol. The van der Waals surface area contributed by atoms with E-state index in [9.17, 15) is 9.90 Å². The van der Waals surface area contributed by atoms with Crippen LogP contribution in [0, 0.1) is 10.8 Å². The summed E-state index contributed by atoms with van der Waals surface area (Å²) in [5.74, 6) is -0.464. The molecule has 0 fully saturated rings. The lowest BCUT2D eigenvalue weighted by Gasteiger charge is -2.32. The minimum absolute atomic E-state index is 0.166. The molecule has 224 valence electrons. The molecule has 1 N–H and O–H groups in total. The number of allylic oxidation sites excluding steroid dienone is 23. The third kappa shape index (κ3) is 10.6. The Morgan fingerprint density at radius 1 is 0.714 bits per heavy atom. The molecule has 0 heterocycles. The maximum absolute atomic E-state index is 12.2. The zero-order chi connectivity index (χ0) is 31.5. The van der Waals surface area contributed by atoms with E-state index < -0.39 is 0 Å². The first-order chi connectivity index (χ1) is 19.6. The van der Waals surface area contributed by atoms with Crippen molar-refractivity contribution in [2.75, 3.05) is 0 Å². The predicted octanol–water partition coefficient (Wildman–Crippen LogP) is 11.4. The number of hydrogen-bond donors (Lipinski definition) is 1. The first-order valence-electron chi connectivity index (χ1n) is 15.1. The van der Waals surface area contributed by atoms with Gasteiger partial charge in [0.2, 0.25) is 5.78 Å². The normalized spacial score (nSPS) is 21.4. The second-order valence-electron chi connectivity index (χ2n) is 13.0. The smallest absolute Gasteiger partial charge is 0.222 e. The Bertz CT molecular complexity index is 1390. The Morgan fingerprint density at radius 2 is 1.17 bits per heavy atom. The van der Waals surface area contributed by atoms with Crippen LogP contribution in [0.4, 0.5) is 0 Å². The molecule has 0 saturated carbocycles. The molecule has 0 unspecified atom stereocenters. The van der Waals surface area contributed by atoms with Crippen molar-refractivity contribution in [3.8, 4) is 0 Å². The Morgan fingerprint density at radius 3 is 1.67 bits per heavy atom. The average molecular weight is 565 g/mol. The Balaban J connectivity index is 1.92. The number of rotatable bonds is 10. The number of aliphatic hydroxyl groups is 1. The summed E-state index contributed by atoms with van der Waals surface area (Å²) in [4.78, 5) is 12.2. The highest BCUT2D eigenvalue weighted by atomic mass is 16.3. The van der Waals surface area contributed by atoms with E-state index in [1.807, 2.05) is 45.1 Å². The molecule has 0 aromatic rings. The van der Waals surface area contributed by atoms with Crippen molar-refractivity contribution in [2.24, 2.45) is 10.8 Å². The molecule has 0 radical (unpaired) electrons. The number of hydrogen-bond acceptors (Lipinski definition) is 2. The maximum atomic E-state index is 12.2. The zero-order valence-corrected chi connectivity index (χ0v) is 27.6. The van der Waals surface area contributed by atoms with Gasteiger partial charge in [-0.3, -0.25) is 4.79 Å². The average Bonchev–Trinajstić information content (AvgIpc) is 2.88. The fourth-order valence-corrected chi connectivity index (χ4v) is 5.40. The summed E-state index contributed by atoms with van der Waals surface area (Å²) in [5, 5.41) is 9.89. The molecule has 0 atom stereocenters. The molecule has 0 bridgehead atoms. The molecule has 2 aliphatic rings. The fraction of sp³-hybridized carbons (Fsp3) is 0.375. The quantitative estimate of drug-likeness (QED) is 0.268. The van der Waals surface area contributed by atoms with Crippen LogP contribution in [0.15, 0.2) is 141 Å². The van der Waals surface area contributed by atoms with Gasteiger partial charge in [0.15, 0.2) is 5.76 Å². The summed E-state index contributed by atoms with van der Waals surface area (Å²) in [6, 6.07) is 0. The van der Waals surface area contributed by atoms with Crippen LogP contribution >= 0.6 is 0 Å². The lowest BCUT2D eigenvalue weighted by Crippen LogP contribution is -2.23. The summed E-state index contributed by atoms with van der Waals surface area (Å²) in [6.45, 7) is 21.1. The molecule has 2 heteroatoms. The fourth-order valence-electron chi connectivity index (χ4n) is 5.40. The lowest BCUT2D eigenvalue weighted by atomic mass is 9.72. The van der Waals surface area contributed by atoms with Crippen molar-refractivity contribution in [1.29, 1.82) is 0 Å². The van der Waals surface area contributed by atoms with Gasteiger partial charge in [0.1, 0.15) is 0 Å². The van der Waals surface area contributed by atoms with Crippen LogP contribution in [0.2, 0.25) is 0 Å². The molecule has 2 rings (SSSR count). The van der Waals surface area contributed by atoms with E-state index >= 15 is 0 Å². The van der Waals surface area contributed by atoms with Crippen molar-refractivity contribution in [2.45, 2.75) is 88.5 Å². The van der Waals surface area contributed by atoms with Crippen molar-refractivity contribution in [3.63, 3.8) is 0 Å². The van der Waals surface area contributed by atoms with Crippen LogP contribution in [-0.4, -0.2) is 10.9 Å². The van der Waals surface area contributed by atoms with Gasteiger partial charge in [-0.15, -0.1) is 0 Å². The van der Waals surface area contributed by atoms with E-state index in [-0.39, 0.29) is 22.4 Å². The van der Waals surface area contributed by atoms with Crippen LogP contribution < -0.4 is 0 Å². The molecule has 0 amide bonds. The molecule has 42 heavy (non-hydrogen) atoms. The van der Waals surface area contributed by atoms with Crippen LogP contribution in [0.5, 0.6) is 0 Å². The molecule has 2 nitrogen and oxygen atoms in total. The molecular weight excluding hydrogens is 512 g/mol. The van der Waals surface area contributed by atoms with Gasteiger partial charge < -0.3 is 5.11 Å². The highest BCUT2D eigenvalue weighted by molar-refractivity contribution is 6.08. The molecule has 0 aromatic heterocycles. The van der Waals surface area contributed by atoms with E-state index in [0.29, 0.717) is 5.57 Å². The molecule has 2 aliphatic carbocycles. The third-order valence-electron chi connectivity index (χ3n) is 8.00. The lowest BCUT2D eigenvalue weighted by molar-refractivity contribution is -0.114. The van der Waals surface area contributed by atoms with E-state index in [0.717, 1.165) is 16.7 Å².